The Morgan fingerprint density at radius 3 is 2.49 bits per heavy atom. The van der Waals surface area contributed by atoms with Crippen LogP contribution in [-0.4, -0.2) is 41.5 Å². The zero-order valence-corrected chi connectivity index (χ0v) is 20.5. The van der Waals surface area contributed by atoms with Crippen LogP contribution < -0.4 is 19.7 Å². The van der Waals surface area contributed by atoms with Crippen LogP contribution >= 0.6 is 11.6 Å². The number of halogens is 1. The summed E-state index contributed by atoms with van der Waals surface area (Å²) in [6.45, 7) is 6.58. The number of aryl methyl sites for hydroxylation is 1. The maximum absolute atomic E-state index is 12.4. The van der Waals surface area contributed by atoms with Crippen LogP contribution in [0, 0.1) is 5.92 Å². The third-order valence-electron chi connectivity index (χ3n) is 6.41. The fraction of sp³-hybridized carbons (Fsp3) is 0.333. The lowest BCUT2D eigenvalue weighted by Gasteiger charge is -2.19. The van der Waals surface area contributed by atoms with Crippen LogP contribution in [0.1, 0.15) is 35.2 Å². The molecule has 1 aromatic heterocycles. The summed E-state index contributed by atoms with van der Waals surface area (Å²) < 4.78 is 13.5. The summed E-state index contributed by atoms with van der Waals surface area (Å²) in [5.41, 5.74) is 2.77. The Morgan fingerprint density at radius 2 is 1.83 bits per heavy atom. The molecule has 5 rings (SSSR count). The predicted octanol–water partition coefficient (Wildman–Crippen LogP) is 4.92. The number of anilines is 1. The van der Waals surface area contributed by atoms with Crippen molar-refractivity contribution in [1.82, 2.24) is 15.1 Å². The van der Waals surface area contributed by atoms with Crippen LogP contribution in [-0.2, 0) is 7.05 Å². The number of carbonyl (C=O) groups is 1. The lowest BCUT2D eigenvalue weighted by Crippen LogP contribution is -2.24. The number of ether oxygens (including phenoxy) is 2. The second-order valence-electron chi connectivity index (χ2n) is 9.15. The highest BCUT2D eigenvalue weighted by Crippen LogP contribution is 2.30. The zero-order chi connectivity index (χ0) is 24.4. The lowest BCUT2D eigenvalue weighted by molar-refractivity contribution is 0.0974. The molecule has 1 aliphatic carbocycles. The van der Waals surface area contributed by atoms with E-state index < -0.39 is 0 Å². The Hall–Kier alpha value is -3.45. The molecular formula is C27H29ClN4O3. The molecule has 1 saturated heterocycles. The number of amides is 1. The van der Waals surface area contributed by atoms with Crippen molar-refractivity contribution < 1.29 is 14.3 Å². The maximum Gasteiger partial charge on any atom is 0.260 e. The van der Waals surface area contributed by atoms with Gasteiger partial charge in [-0.15, -0.1) is 0 Å². The molecule has 7 nitrogen and oxygen atoms in total. The van der Waals surface area contributed by atoms with E-state index in [1.165, 1.54) is 29.4 Å². The highest BCUT2D eigenvalue weighted by Gasteiger charge is 2.25. The second-order valence-corrected chi connectivity index (χ2v) is 9.51. The Labute approximate surface area is 210 Å². The first-order chi connectivity index (χ1) is 17.0. The summed E-state index contributed by atoms with van der Waals surface area (Å²) in [5.74, 6) is 2.14. The molecular weight excluding hydrogens is 464 g/mol. The van der Waals surface area contributed by atoms with E-state index in [0.717, 1.165) is 49.1 Å². The summed E-state index contributed by atoms with van der Waals surface area (Å²) in [5, 5.41) is 7.05. The second kappa shape index (κ2) is 10.0. The SMILES string of the molecule is C=C(NC(=O)c1cnn(C)c1Cl)c1ccc(OC2CCN(c3ccc(OCC4CC4)cc3)C2)cc1. The van der Waals surface area contributed by atoms with Gasteiger partial charge >= 0.3 is 0 Å². The number of hydrogen-bond donors (Lipinski definition) is 1. The number of hydrogen-bond acceptors (Lipinski definition) is 5. The summed E-state index contributed by atoms with van der Waals surface area (Å²) in [6.07, 6.45) is 5.09. The number of aromatic nitrogens is 2. The minimum absolute atomic E-state index is 0.113. The van der Waals surface area contributed by atoms with Crippen molar-refractivity contribution in [2.24, 2.45) is 13.0 Å². The minimum Gasteiger partial charge on any atom is -0.493 e. The van der Waals surface area contributed by atoms with Crippen molar-refractivity contribution >= 4 is 28.9 Å². The van der Waals surface area contributed by atoms with Gasteiger partial charge in [0.05, 0.1) is 24.9 Å². The Kier molecular flexibility index (Phi) is 6.68. The molecule has 0 spiro atoms. The number of nitrogens with one attached hydrogen (secondary N) is 1. The van der Waals surface area contributed by atoms with Crippen molar-refractivity contribution in [1.29, 1.82) is 0 Å². The molecule has 35 heavy (non-hydrogen) atoms. The minimum atomic E-state index is -0.345. The molecule has 2 aromatic carbocycles. The van der Waals surface area contributed by atoms with E-state index in [9.17, 15) is 4.79 Å². The Balaban J connectivity index is 1.11. The maximum atomic E-state index is 12.4. The van der Waals surface area contributed by atoms with E-state index in [1.807, 2.05) is 24.3 Å². The molecule has 0 bridgehead atoms. The van der Waals surface area contributed by atoms with Gasteiger partial charge in [0.15, 0.2) is 0 Å². The number of rotatable bonds is 9. The molecule has 8 heteroatoms. The first-order valence-corrected chi connectivity index (χ1v) is 12.3. The van der Waals surface area contributed by atoms with E-state index in [1.54, 1.807) is 7.05 Å². The largest absolute Gasteiger partial charge is 0.493 e. The Bertz CT molecular complexity index is 1200. The molecule has 0 radical (unpaired) electrons. The van der Waals surface area contributed by atoms with Crippen molar-refractivity contribution in [3.63, 3.8) is 0 Å². The monoisotopic (exact) mass is 492 g/mol. The predicted molar refractivity (Wildman–Crippen MR) is 137 cm³/mol. The lowest BCUT2D eigenvalue weighted by atomic mass is 10.1. The average Bonchev–Trinajstić information content (AvgIpc) is 3.49. The van der Waals surface area contributed by atoms with Crippen molar-refractivity contribution in [2.75, 3.05) is 24.6 Å². The van der Waals surface area contributed by atoms with Gasteiger partial charge in [-0.05, 0) is 72.9 Å². The van der Waals surface area contributed by atoms with Gasteiger partial charge in [-0.2, -0.15) is 5.10 Å². The molecule has 2 fully saturated rings. The number of benzene rings is 2. The molecule has 1 amide bonds. The summed E-state index contributed by atoms with van der Waals surface area (Å²) >= 11 is 6.10. The van der Waals surface area contributed by atoms with Crippen LogP contribution in [0.15, 0.2) is 61.3 Å². The van der Waals surface area contributed by atoms with Gasteiger partial charge in [-0.1, -0.05) is 18.2 Å². The third kappa shape index (κ3) is 5.62. The highest BCUT2D eigenvalue weighted by molar-refractivity contribution is 6.33. The third-order valence-corrected chi connectivity index (χ3v) is 6.86. The molecule has 1 aliphatic heterocycles. The summed E-state index contributed by atoms with van der Waals surface area (Å²) in [4.78, 5) is 14.8. The van der Waals surface area contributed by atoms with Crippen molar-refractivity contribution in [2.45, 2.75) is 25.4 Å². The van der Waals surface area contributed by atoms with E-state index in [4.69, 9.17) is 21.1 Å². The molecule has 2 heterocycles. The standard InChI is InChI=1S/C27H29ClN4O3/c1-18(30-27(33)25-15-29-31(2)26(25)28)20-5-9-23(10-6-20)35-24-13-14-32(16-24)21-7-11-22(12-8-21)34-17-19-3-4-19/h5-12,15,19,24H,1,3-4,13-14,16-17H2,2H3,(H,30,33). The van der Waals surface area contributed by atoms with Gasteiger partial charge in [-0.25, -0.2) is 0 Å². The first kappa shape index (κ1) is 23.3. The topological polar surface area (TPSA) is 68.6 Å². The normalized spacial score (nSPS) is 17.3. The van der Waals surface area contributed by atoms with Gasteiger partial charge in [0, 0.05) is 31.4 Å². The van der Waals surface area contributed by atoms with Crippen LogP contribution in [0.25, 0.3) is 5.70 Å². The van der Waals surface area contributed by atoms with E-state index in [2.05, 4.69) is 46.2 Å². The molecule has 1 N–H and O–H groups in total. The molecule has 1 saturated carbocycles. The van der Waals surface area contributed by atoms with Crippen LogP contribution in [0.5, 0.6) is 11.5 Å². The van der Waals surface area contributed by atoms with Gasteiger partial charge in [0.1, 0.15) is 22.8 Å². The van der Waals surface area contributed by atoms with Crippen molar-refractivity contribution in [3.8, 4) is 11.5 Å². The van der Waals surface area contributed by atoms with Crippen LogP contribution in [0.3, 0.4) is 0 Å². The smallest absolute Gasteiger partial charge is 0.260 e. The molecule has 3 aromatic rings. The van der Waals surface area contributed by atoms with Crippen LogP contribution in [0.2, 0.25) is 5.15 Å². The highest BCUT2D eigenvalue weighted by atomic mass is 35.5. The van der Waals surface area contributed by atoms with Gasteiger partial charge in [0.2, 0.25) is 0 Å². The summed E-state index contributed by atoms with van der Waals surface area (Å²) in [6, 6.07) is 15.9. The van der Waals surface area contributed by atoms with Gasteiger partial charge < -0.3 is 19.7 Å². The van der Waals surface area contributed by atoms with E-state index in [-0.39, 0.29) is 17.2 Å². The quantitative estimate of drug-likeness (QED) is 0.459. The number of nitrogens with zero attached hydrogens (tertiary/aromatic N) is 3. The molecule has 2 aliphatic rings. The zero-order valence-electron chi connectivity index (χ0n) is 19.7. The Morgan fingerprint density at radius 1 is 1.11 bits per heavy atom. The molecule has 1 atom stereocenters. The fourth-order valence-corrected chi connectivity index (χ4v) is 4.27. The van der Waals surface area contributed by atoms with E-state index >= 15 is 0 Å². The first-order valence-electron chi connectivity index (χ1n) is 11.9. The molecule has 182 valence electrons. The van der Waals surface area contributed by atoms with Crippen molar-refractivity contribution in [3.05, 3.63) is 77.6 Å². The molecule has 1 unspecified atom stereocenters. The van der Waals surface area contributed by atoms with Gasteiger partial charge in [0.25, 0.3) is 5.91 Å². The average molecular weight is 493 g/mol. The van der Waals surface area contributed by atoms with E-state index in [0.29, 0.717) is 11.3 Å². The number of carbonyl (C=O) groups excluding carboxylic acids is 1. The summed E-state index contributed by atoms with van der Waals surface area (Å²) in [7, 11) is 1.68. The van der Waals surface area contributed by atoms with Crippen LogP contribution in [0.4, 0.5) is 5.69 Å². The van der Waals surface area contributed by atoms with Gasteiger partial charge in [-0.3, -0.25) is 9.48 Å². The fourth-order valence-electron chi connectivity index (χ4n) is 4.09.